The molecule has 1 fully saturated rings. The van der Waals surface area contributed by atoms with E-state index in [2.05, 4.69) is 5.32 Å². The summed E-state index contributed by atoms with van der Waals surface area (Å²) in [6.45, 7) is 2.97. The van der Waals surface area contributed by atoms with Crippen molar-refractivity contribution in [1.82, 2.24) is 0 Å². The van der Waals surface area contributed by atoms with Gasteiger partial charge in [0.15, 0.2) is 0 Å². The van der Waals surface area contributed by atoms with E-state index in [0.29, 0.717) is 44.2 Å². The van der Waals surface area contributed by atoms with Crippen LogP contribution in [0.15, 0.2) is 42.5 Å². The first-order chi connectivity index (χ1) is 11.6. The number of carbonyl (C=O) groups is 1. The van der Waals surface area contributed by atoms with E-state index >= 15 is 0 Å². The molecule has 126 valence electrons. The Morgan fingerprint density at radius 1 is 1.21 bits per heavy atom. The summed E-state index contributed by atoms with van der Waals surface area (Å²) in [5, 5.41) is 12.6. The Kier molecular flexibility index (Phi) is 4.96. The molecule has 1 heterocycles. The molecule has 3 rings (SSSR count). The Morgan fingerprint density at radius 2 is 2.00 bits per heavy atom. The zero-order chi connectivity index (χ0) is 16.9. The minimum absolute atomic E-state index is 0.251. The molecule has 0 saturated carbocycles. The predicted molar refractivity (Wildman–Crippen MR) is 90.2 cm³/mol. The Balaban J connectivity index is 1.77. The first-order valence-electron chi connectivity index (χ1n) is 7.82. The van der Waals surface area contributed by atoms with Gasteiger partial charge in [-0.1, -0.05) is 12.1 Å². The first kappa shape index (κ1) is 16.3. The fourth-order valence-electron chi connectivity index (χ4n) is 2.75. The minimum Gasteiger partial charge on any atom is -0.478 e. The molecule has 0 aromatic heterocycles. The summed E-state index contributed by atoms with van der Waals surface area (Å²) in [6, 6.07) is 11.6. The van der Waals surface area contributed by atoms with Gasteiger partial charge in [-0.25, -0.2) is 9.18 Å². The zero-order valence-electron chi connectivity index (χ0n) is 13.2. The summed E-state index contributed by atoms with van der Waals surface area (Å²) in [6.07, 6.45) is 0. The van der Waals surface area contributed by atoms with Gasteiger partial charge in [0, 0.05) is 25.3 Å². The standard InChI is InChI=1S/C18H19FN2O3/c19-14-3-1-2-13(10-14)12-20-15-4-5-17(16(11-15)18(22)23)21-6-8-24-9-7-21/h1-5,10-11,20H,6-9,12H2,(H,22,23). The van der Waals surface area contributed by atoms with Gasteiger partial charge in [0.05, 0.1) is 24.5 Å². The van der Waals surface area contributed by atoms with Gasteiger partial charge >= 0.3 is 5.97 Å². The molecular formula is C18H19FN2O3. The summed E-state index contributed by atoms with van der Waals surface area (Å²) in [4.78, 5) is 13.6. The third-order valence-electron chi connectivity index (χ3n) is 3.96. The number of nitrogens with zero attached hydrogens (tertiary/aromatic N) is 1. The van der Waals surface area contributed by atoms with Crippen LogP contribution in [-0.4, -0.2) is 37.4 Å². The van der Waals surface area contributed by atoms with Gasteiger partial charge in [0.25, 0.3) is 0 Å². The van der Waals surface area contributed by atoms with Crippen molar-refractivity contribution in [2.75, 3.05) is 36.5 Å². The van der Waals surface area contributed by atoms with E-state index in [1.807, 2.05) is 23.1 Å². The van der Waals surface area contributed by atoms with Gasteiger partial charge in [-0.3, -0.25) is 0 Å². The number of morpholine rings is 1. The lowest BCUT2D eigenvalue weighted by molar-refractivity contribution is 0.0696. The van der Waals surface area contributed by atoms with Crippen molar-refractivity contribution >= 4 is 17.3 Å². The van der Waals surface area contributed by atoms with Crippen LogP contribution in [0.4, 0.5) is 15.8 Å². The van der Waals surface area contributed by atoms with Gasteiger partial charge in [-0.2, -0.15) is 0 Å². The lowest BCUT2D eigenvalue weighted by Gasteiger charge is -2.30. The van der Waals surface area contributed by atoms with Crippen LogP contribution >= 0.6 is 0 Å². The molecule has 2 aromatic rings. The van der Waals surface area contributed by atoms with Crippen LogP contribution in [-0.2, 0) is 11.3 Å². The maximum Gasteiger partial charge on any atom is 0.337 e. The van der Waals surface area contributed by atoms with Crippen LogP contribution < -0.4 is 10.2 Å². The Hall–Kier alpha value is -2.60. The van der Waals surface area contributed by atoms with E-state index in [0.717, 1.165) is 5.56 Å². The van der Waals surface area contributed by atoms with Crippen molar-refractivity contribution in [1.29, 1.82) is 0 Å². The number of halogens is 1. The van der Waals surface area contributed by atoms with E-state index in [4.69, 9.17) is 4.74 Å². The van der Waals surface area contributed by atoms with E-state index < -0.39 is 5.97 Å². The third kappa shape index (κ3) is 3.83. The zero-order valence-corrected chi connectivity index (χ0v) is 13.2. The molecule has 2 N–H and O–H groups in total. The molecule has 1 aliphatic rings. The van der Waals surface area contributed by atoms with Gasteiger partial charge in [-0.05, 0) is 35.9 Å². The van der Waals surface area contributed by atoms with Crippen molar-refractivity contribution in [3.8, 4) is 0 Å². The van der Waals surface area contributed by atoms with E-state index in [1.165, 1.54) is 12.1 Å². The molecule has 1 aliphatic heterocycles. The highest BCUT2D eigenvalue weighted by atomic mass is 19.1. The van der Waals surface area contributed by atoms with Crippen LogP contribution in [0, 0.1) is 5.82 Å². The second-order valence-electron chi connectivity index (χ2n) is 5.62. The van der Waals surface area contributed by atoms with Crippen molar-refractivity contribution in [2.45, 2.75) is 6.54 Å². The second-order valence-corrected chi connectivity index (χ2v) is 5.62. The number of anilines is 2. The second kappa shape index (κ2) is 7.31. The minimum atomic E-state index is -0.967. The van der Waals surface area contributed by atoms with Crippen LogP contribution in [0.1, 0.15) is 15.9 Å². The number of carboxylic acid groups (broad SMARTS) is 1. The van der Waals surface area contributed by atoms with Gasteiger partial charge in [-0.15, -0.1) is 0 Å². The van der Waals surface area contributed by atoms with E-state index in [-0.39, 0.29) is 11.4 Å². The predicted octanol–water partition coefficient (Wildman–Crippen LogP) is 2.97. The average Bonchev–Trinajstić information content (AvgIpc) is 2.60. The molecule has 1 saturated heterocycles. The quantitative estimate of drug-likeness (QED) is 0.882. The smallest absolute Gasteiger partial charge is 0.337 e. The molecule has 2 aromatic carbocycles. The maximum atomic E-state index is 13.2. The molecule has 0 spiro atoms. The molecule has 0 amide bonds. The number of carboxylic acids is 1. The largest absolute Gasteiger partial charge is 0.478 e. The highest BCUT2D eigenvalue weighted by Gasteiger charge is 2.18. The SMILES string of the molecule is O=C(O)c1cc(NCc2cccc(F)c2)ccc1N1CCOCC1. The molecular weight excluding hydrogens is 311 g/mol. The lowest BCUT2D eigenvalue weighted by Crippen LogP contribution is -2.37. The summed E-state index contributed by atoms with van der Waals surface area (Å²) >= 11 is 0. The van der Waals surface area contributed by atoms with Crippen LogP contribution in [0.5, 0.6) is 0 Å². The fourth-order valence-corrected chi connectivity index (χ4v) is 2.75. The number of benzene rings is 2. The maximum absolute atomic E-state index is 13.2. The number of rotatable bonds is 5. The molecule has 24 heavy (non-hydrogen) atoms. The summed E-state index contributed by atoms with van der Waals surface area (Å²) < 4.78 is 18.5. The van der Waals surface area contributed by atoms with Crippen molar-refractivity contribution in [3.63, 3.8) is 0 Å². The number of aromatic carboxylic acids is 1. The molecule has 6 heteroatoms. The first-order valence-corrected chi connectivity index (χ1v) is 7.82. The average molecular weight is 330 g/mol. The van der Waals surface area contributed by atoms with Gasteiger partial charge < -0.3 is 20.1 Å². The number of ether oxygens (including phenoxy) is 1. The molecule has 0 aliphatic carbocycles. The Morgan fingerprint density at radius 3 is 2.71 bits per heavy atom. The fraction of sp³-hybridized carbons (Fsp3) is 0.278. The van der Waals surface area contributed by atoms with Crippen molar-refractivity contribution in [3.05, 3.63) is 59.4 Å². The monoisotopic (exact) mass is 330 g/mol. The Bertz CT molecular complexity index is 730. The third-order valence-corrected chi connectivity index (χ3v) is 3.96. The van der Waals surface area contributed by atoms with Gasteiger partial charge in [0.2, 0.25) is 0 Å². The molecule has 0 radical (unpaired) electrons. The van der Waals surface area contributed by atoms with E-state index in [9.17, 15) is 14.3 Å². The van der Waals surface area contributed by atoms with Crippen molar-refractivity contribution < 1.29 is 19.0 Å². The summed E-state index contributed by atoms with van der Waals surface area (Å²) in [7, 11) is 0. The van der Waals surface area contributed by atoms with Crippen LogP contribution in [0.25, 0.3) is 0 Å². The highest BCUT2D eigenvalue weighted by molar-refractivity contribution is 5.95. The Labute approximate surface area is 139 Å². The van der Waals surface area contributed by atoms with Crippen molar-refractivity contribution in [2.24, 2.45) is 0 Å². The summed E-state index contributed by atoms with van der Waals surface area (Å²) in [5.74, 6) is -1.26. The lowest BCUT2D eigenvalue weighted by atomic mass is 10.1. The summed E-state index contributed by atoms with van der Waals surface area (Å²) in [5.41, 5.74) is 2.43. The molecule has 0 unspecified atom stereocenters. The number of hydrogen-bond donors (Lipinski definition) is 2. The molecule has 5 nitrogen and oxygen atoms in total. The molecule has 0 bridgehead atoms. The normalized spacial score (nSPS) is 14.5. The number of nitrogens with one attached hydrogen (secondary N) is 1. The number of hydrogen-bond acceptors (Lipinski definition) is 4. The van der Waals surface area contributed by atoms with E-state index in [1.54, 1.807) is 12.1 Å². The highest BCUT2D eigenvalue weighted by Crippen LogP contribution is 2.25. The molecule has 0 atom stereocenters. The van der Waals surface area contributed by atoms with Gasteiger partial charge in [0.1, 0.15) is 5.82 Å². The topological polar surface area (TPSA) is 61.8 Å². The van der Waals surface area contributed by atoms with Crippen LogP contribution in [0.2, 0.25) is 0 Å². The van der Waals surface area contributed by atoms with Crippen LogP contribution in [0.3, 0.4) is 0 Å².